The van der Waals surface area contributed by atoms with Crippen molar-refractivity contribution in [1.82, 2.24) is 4.90 Å². The molecule has 3 nitrogen and oxygen atoms in total. The molecule has 0 fully saturated rings. The Bertz CT molecular complexity index is 454. The van der Waals surface area contributed by atoms with Crippen molar-refractivity contribution in [1.29, 1.82) is 0 Å². The Morgan fingerprint density at radius 3 is 2.45 bits per heavy atom. The van der Waals surface area contributed by atoms with Gasteiger partial charge >= 0.3 is 0 Å². The lowest BCUT2D eigenvalue weighted by Gasteiger charge is -2.32. The van der Waals surface area contributed by atoms with Gasteiger partial charge in [0.15, 0.2) is 5.78 Å². The molecule has 0 heterocycles. The second-order valence-corrected chi connectivity index (χ2v) is 5.77. The molecule has 112 valence electrons. The zero-order chi connectivity index (χ0) is 15.3. The van der Waals surface area contributed by atoms with E-state index in [-0.39, 0.29) is 24.5 Å². The molecule has 0 aliphatic heterocycles. The van der Waals surface area contributed by atoms with Crippen LogP contribution in [0.3, 0.4) is 0 Å². The van der Waals surface area contributed by atoms with Crippen LogP contribution in [0.2, 0.25) is 0 Å². The molecule has 0 spiro atoms. The summed E-state index contributed by atoms with van der Waals surface area (Å²) in [6, 6.07) is 6.12. The van der Waals surface area contributed by atoms with E-state index in [0.717, 1.165) is 23.2 Å². The van der Waals surface area contributed by atoms with Gasteiger partial charge in [0, 0.05) is 24.8 Å². The second-order valence-electron chi connectivity index (χ2n) is 5.77. The minimum atomic E-state index is -0.165. The molecule has 0 bridgehead atoms. The maximum Gasteiger partial charge on any atom is 0.179 e. The number of Topliss-reactive ketones (excluding diaryl/α,β-unsaturated/α-hetero) is 1. The summed E-state index contributed by atoms with van der Waals surface area (Å²) in [5, 5.41) is 9.00. The Balaban J connectivity index is 2.95. The molecule has 1 aromatic carbocycles. The van der Waals surface area contributed by atoms with E-state index in [0.29, 0.717) is 6.42 Å². The van der Waals surface area contributed by atoms with Crippen molar-refractivity contribution in [2.45, 2.75) is 53.1 Å². The number of aliphatic hydroxyl groups is 1. The van der Waals surface area contributed by atoms with Gasteiger partial charge in [0.2, 0.25) is 0 Å². The Morgan fingerprint density at radius 2 is 1.90 bits per heavy atom. The van der Waals surface area contributed by atoms with Crippen LogP contribution in [0.1, 0.15) is 48.7 Å². The van der Waals surface area contributed by atoms with Gasteiger partial charge in [0.25, 0.3) is 0 Å². The molecule has 1 unspecified atom stereocenters. The molecule has 0 aliphatic rings. The van der Waals surface area contributed by atoms with Gasteiger partial charge in [-0.3, -0.25) is 9.69 Å². The average molecular weight is 277 g/mol. The quantitative estimate of drug-likeness (QED) is 0.779. The first-order chi connectivity index (χ1) is 9.38. The Hall–Kier alpha value is -1.19. The number of nitrogens with zero attached hydrogens (tertiary/aromatic N) is 1. The molecule has 20 heavy (non-hydrogen) atoms. The summed E-state index contributed by atoms with van der Waals surface area (Å²) in [6.07, 6.45) is 0.697. The zero-order valence-corrected chi connectivity index (χ0v) is 13.3. The third-order valence-corrected chi connectivity index (χ3v) is 3.77. The summed E-state index contributed by atoms with van der Waals surface area (Å²) in [5.41, 5.74) is 2.95. The number of benzene rings is 1. The molecule has 3 heteroatoms. The van der Waals surface area contributed by atoms with Gasteiger partial charge in [-0.1, -0.05) is 17.7 Å². The van der Waals surface area contributed by atoms with Crippen molar-refractivity contribution >= 4 is 5.78 Å². The predicted molar refractivity (Wildman–Crippen MR) is 83.3 cm³/mol. The fourth-order valence-electron chi connectivity index (χ4n) is 2.53. The lowest BCUT2D eigenvalue weighted by molar-refractivity contribution is 0.0771. The lowest BCUT2D eigenvalue weighted by Crippen LogP contribution is -2.44. The van der Waals surface area contributed by atoms with E-state index in [1.807, 2.05) is 39.0 Å². The fraction of sp³-hybridized carbons (Fsp3) is 0.588. The Morgan fingerprint density at radius 1 is 1.25 bits per heavy atom. The first-order valence-corrected chi connectivity index (χ1v) is 7.36. The molecular formula is C17H27NO2. The molecule has 0 aromatic heterocycles. The number of rotatable bonds is 7. The van der Waals surface area contributed by atoms with Crippen LogP contribution in [0.15, 0.2) is 18.2 Å². The summed E-state index contributed by atoms with van der Waals surface area (Å²) in [6.45, 7) is 11.0. The van der Waals surface area contributed by atoms with E-state index in [1.54, 1.807) is 0 Å². The van der Waals surface area contributed by atoms with Gasteiger partial charge in [0.05, 0.1) is 6.04 Å². The van der Waals surface area contributed by atoms with Crippen molar-refractivity contribution in [2.75, 3.05) is 13.2 Å². The van der Waals surface area contributed by atoms with Crippen LogP contribution in [0, 0.1) is 13.8 Å². The molecule has 0 aliphatic carbocycles. The van der Waals surface area contributed by atoms with E-state index in [9.17, 15) is 4.79 Å². The first-order valence-electron chi connectivity index (χ1n) is 7.36. The van der Waals surface area contributed by atoms with Gasteiger partial charge < -0.3 is 5.11 Å². The van der Waals surface area contributed by atoms with Crippen molar-refractivity contribution in [2.24, 2.45) is 0 Å². The highest BCUT2D eigenvalue weighted by molar-refractivity contribution is 6.01. The number of hydrogen-bond acceptors (Lipinski definition) is 3. The van der Waals surface area contributed by atoms with Crippen LogP contribution in [-0.2, 0) is 0 Å². The monoisotopic (exact) mass is 277 g/mol. The number of hydrogen-bond donors (Lipinski definition) is 1. The summed E-state index contributed by atoms with van der Waals surface area (Å²) in [4.78, 5) is 14.9. The number of ketones is 1. The van der Waals surface area contributed by atoms with Gasteiger partial charge in [-0.2, -0.15) is 0 Å². The highest BCUT2D eigenvalue weighted by atomic mass is 16.3. The van der Waals surface area contributed by atoms with Gasteiger partial charge in [0.1, 0.15) is 0 Å². The molecule has 0 radical (unpaired) electrons. The van der Waals surface area contributed by atoms with Crippen molar-refractivity contribution in [3.63, 3.8) is 0 Å². The van der Waals surface area contributed by atoms with Crippen LogP contribution < -0.4 is 0 Å². The zero-order valence-electron chi connectivity index (χ0n) is 13.3. The summed E-state index contributed by atoms with van der Waals surface area (Å²) >= 11 is 0. The van der Waals surface area contributed by atoms with Crippen molar-refractivity contribution in [3.8, 4) is 0 Å². The third-order valence-electron chi connectivity index (χ3n) is 3.77. The van der Waals surface area contributed by atoms with Crippen LogP contribution in [-0.4, -0.2) is 41.0 Å². The maximum atomic E-state index is 12.7. The lowest BCUT2D eigenvalue weighted by atomic mass is 9.97. The summed E-state index contributed by atoms with van der Waals surface area (Å²) in [7, 11) is 0. The third kappa shape index (κ3) is 4.15. The summed E-state index contributed by atoms with van der Waals surface area (Å²) in [5.74, 6) is 0.165. The van der Waals surface area contributed by atoms with Gasteiger partial charge in [-0.05, 0) is 52.7 Å². The van der Waals surface area contributed by atoms with Gasteiger partial charge in [-0.25, -0.2) is 0 Å². The molecule has 1 N–H and O–H groups in total. The number of carbonyl (C=O) groups is 1. The number of aryl methyl sites for hydroxylation is 2. The highest BCUT2D eigenvalue weighted by Crippen LogP contribution is 2.17. The van der Waals surface area contributed by atoms with E-state index in [1.165, 1.54) is 0 Å². The summed E-state index contributed by atoms with van der Waals surface area (Å²) < 4.78 is 0. The number of aliphatic hydroxyl groups excluding tert-OH is 1. The van der Waals surface area contributed by atoms with Crippen LogP contribution >= 0.6 is 0 Å². The van der Waals surface area contributed by atoms with Crippen LogP contribution in [0.4, 0.5) is 0 Å². The van der Waals surface area contributed by atoms with Crippen molar-refractivity contribution < 1.29 is 9.90 Å². The smallest absolute Gasteiger partial charge is 0.179 e. The molecule has 1 aromatic rings. The van der Waals surface area contributed by atoms with Crippen LogP contribution in [0.25, 0.3) is 0 Å². The molecule has 1 rings (SSSR count). The normalized spacial score (nSPS) is 13.0. The van der Waals surface area contributed by atoms with E-state index in [2.05, 4.69) is 18.7 Å². The SMILES string of the molecule is Cc1ccc(C)c(C(=O)C(C)N(CCCO)C(C)C)c1. The molecule has 0 saturated carbocycles. The topological polar surface area (TPSA) is 40.5 Å². The first kappa shape index (κ1) is 16.9. The largest absolute Gasteiger partial charge is 0.396 e. The molecule has 0 amide bonds. The fourth-order valence-corrected chi connectivity index (χ4v) is 2.53. The Labute approximate surface area is 122 Å². The Kier molecular flexibility index (Phi) is 6.37. The predicted octanol–water partition coefficient (Wildman–Crippen LogP) is 2.97. The minimum absolute atomic E-state index is 0.160. The van der Waals surface area contributed by atoms with Gasteiger partial charge in [-0.15, -0.1) is 0 Å². The molecule has 1 atom stereocenters. The van der Waals surface area contributed by atoms with Crippen LogP contribution in [0.5, 0.6) is 0 Å². The average Bonchev–Trinajstić information content (AvgIpc) is 2.40. The molecular weight excluding hydrogens is 250 g/mol. The minimum Gasteiger partial charge on any atom is -0.396 e. The standard InChI is InChI=1S/C17H27NO2/c1-12(2)18(9-6-10-19)15(5)17(20)16-11-13(3)7-8-14(16)4/h7-8,11-12,15,19H,6,9-10H2,1-5H3. The second kappa shape index (κ2) is 7.55. The van der Waals surface area contributed by atoms with E-state index in [4.69, 9.17) is 5.11 Å². The maximum absolute atomic E-state index is 12.7. The highest BCUT2D eigenvalue weighted by Gasteiger charge is 2.25. The molecule has 0 saturated heterocycles. The van der Waals surface area contributed by atoms with E-state index >= 15 is 0 Å². The van der Waals surface area contributed by atoms with Crippen molar-refractivity contribution in [3.05, 3.63) is 34.9 Å². The van der Waals surface area contributed by atoms with E-state index < -0.39 is 0 Å². The number of carbonyl (C=O) groups excluding carboxylic acids is 1.